The Kier molecular flexibility index (Phi) is 5.75. The van der Waals surface area contributed by atoms with E-state index >= 15 is 0 Å². The maximum atomic E-state index is 13.2. The van der Waals surface area contributed by atoms with E-state index in [0.29, 0.717) is 22.6 Å². The average Bonchev–Trinajstić information content (AvgIpc) is 3.45. The lowest BCUT2D eigenvalue weighted by Crippen LogP contribution is -2.23. The summed E-state index contributed by atoms with van der Waals surface area (Å²) in [7, 11) is 0. The van der Waals surface area contributed by atoms with Crippen molar-refractivity contribution in [3.63, 3.8) is 0 Å². The van der Waals surface area contributed by atoms with Gasteiger partial charge in [-0.2, -0.15) is 0 Å². The van der Waals surface area contributed by atoms with Crippen molar-refractivity contribution in [1.29, 1.82) is 0 Å². The summed E-state index contributed by atoms with van der Waals surface area (Å²) in [5, 5.41) is 15.0. The number of thioether (sulfide) groups is 1. The van der Waals surface area contributed by atoms with Crippen LogP contribution in [-0.2, 0) is 11.4 Å². The van der Waals surface area contributed by atoms with Crippen LogP contribution in [0.4, 0.5) is 10.1 Å². The van der Waals surface area contributed by atoms with E-state index in [4.69, 9.17) is 4.74 Å². The number of tetrazole rings is 1. The normalized spacial score (nSPS) is 14.4. The predicted molar refractivity (Wildman–Crippen MR) is 107 cm³/mol. The van der Waals surface area contributed by atoms with E-state index in [0.717, 1.165) is 18.4 Å². The Balaban J connectivity index is 1.34. The van der Waals surface area contributed by atoms with E-state index in [2.05, 4.69) is 20.8 Å². The Morgan fingerprint density at radius 1 is 1.31 bits per heavy atom. The average molecular weight is 413 g/mol. The van der Waals surface area contributed by atoms with Gasteiger partial charge in [-0.1, -0.05) is 30.0 Å². The van der Waals surface area contributed by atoms with Gasteiger partial charge in [-0.15, -0.1) is 5.10 Å². The molecule has 4 rings (SSSR count). The molecular weight excluding hydrogens is 393 g/mol. The first-order valence-electron chi connectivity index (χ1n) is 9.31. The second-order valence-electron chi connectivity index (χ2n) is 6.83. The molecule has 1 aliphatic rings. The molecule has 1 aliphatic carbocycles. The highest BCUT2D eigenvalue weighted by Gasteiger charge is 2.29. The Morgan fingerprint density at radius 2 is 2.14 bits per heavy atom. The van der Waals surface area contributed by atoms with Gasteiger partial charge in [0.25, 0.3) is 0 Å². The molecule has 1 atom stereocenters. The highest BCUT2D eigenvalue weighted by molar-refractivity contribution is 8.00. The Hall–Kier alpha value is -2.94. The molecule has 0 saturated heterocycles. The summed E-state index contributed by atoms with van der Waals surface area (Å²) in [4.78, 5) is 12.6. The third kappa shape index (κ3) is 5.11. The van der Waals surface area contributed by atoms with E-state index in [9.17, 15) is 9.18 Å². The Morgan fingerprint density at radius 3 is 2.93 bits per heavy atom. The minimum Gasteiger partial charge on any atom is -0.489 e. The fourth-order valence-corrected chi connectivity index (χ4v) is 3.59. The standard InChI is InChI=1S/C20H20FN5O2S/c1-13(29-20-23-24-25-26(20)17-8-9-17)19(27)22-16-6-2-4-14(10-16)12-28-18-7-3-5-15(21)11-18/h2-7,10-11,13,17H,8-9,12H2,1H3,(H,22,27). The molecular formula is C20H20FN5O2S. The minimum absolute atomic E-state index is 0.136. The highest BCUT2D eigenvalue weighted by Crippen LogP contribution is 2.37. The van der Waals surface area contributed by atoms with Gasteiger partial charge in [-0.3, -0.25) is 4.79 Å². The quantitative estimate of drug-likeness (QED) is 0.565. The lowest BCUT2D eigenvalue weighted by atomic mass is 10.2. The van der Waals surface area contributed by atoms with Crippen molar-refractivity contribution in [3.8, 4) is 5.75 Å². The third-order valence-electron chi connectivity index (χ3n) is 4.40. The van der Waals surface area contributed by atoms with Crippen LogP contribution < -0.4 is 10.1 Å². The van der Waals surface area contributed by atoms with Crippen molar-refractivity contribution in [1.82, 2.24) is 20.2 Å². The van der Waals surface area contributed by atoms with Crippen LogP contribution >= 0.6 is 11.8 Å². The van der Waals surface area contributed by atoms with E-state index < -0.39 is 0 Å². The molecule has 7 nitrogen and oxygen atoms in total. The van der Waals surface area contributed by atoms with Crippen molar-refractivity contribution >= 4 is 23.4 Å². The van der Waals surface area contributed by atoms with Crippen molar-refractivity contribution in [2.45, 2.75) is 42.8 Å². The van der Waals surface area contributed by atoms with Crippen molar-refractivity contribution in [2.75, 3.05) is 5.32 Å². The monoisotopic (exact) mass is 413 g/mol. The van der Waals surface area contributed by atoms with Gasteiger partial charge in [-0.05, 0) is 60.0 Å². The van der Waals surface area contributed by atoms with Gasteiger partial charge in [0.2, 0.25) is 11.1 Å². The molecule has 0 aliphatic heterocycles. The van der Waals surface area contributed by atoms with Crippen molar-refractivity contribution in [3.05, 3.63) is 59.9 Å². The van der Waals surface area contributed by atoms with Crippen LogP contribution in [0.1, 0.15) is 31.4 Å². The number of amides is 1. The number of carbonyl (C=O) groups excluding carboxylic acids is 1. The maximum Gasteiger partial charge on any atom is 0.237 e. The van der Waals surface area contributed by atoms with E-state index in [-0.39, 0.29) is 23.6 Å². The van der Waals surface area contributed by atoms with E-state index in [1.54, 1.807) is 16.8 Å². The number of carbonyl (C=O) groups is 1. The van der Waals surface area contributed by atoms with Crippen LogP contribution in [0.5, 0.6) is 5.75 Å². The van der Waals surface area contributed by atoms with Crippen LogP contribution in [0.25, 0.3) is 0 Å². The van der Waals surface area contributed by atoms with Crippen LogP contribution in [-0.4, -0.2) is 31.4 Å². The number of benzene rings is 2. The summed E-state index contributed by atoms with van der Waals surface area (Å²) in [6, 6.07) is 13.7. The van der Waals surface area contributed by atoms with E-state index in [1.165, 1.54) is 23.9 Å². The summed E-state index contributed by atoms with van der Waals surface area (Å²) >= 11 is 1.34. The van der Waals surface area contributed by atoms with Crippen LogP contribution in [0.2, 0.25) is 0 Å². The molecule has 0 bridgehead atoms. The highest BCUT2D eigenvalue weighted by atomic mass is 32.2. The minimum atomic E-state index is -0.356. The topological polar surface area (TPSA) is 81.9 Å². The number of hydrogen-bond donors (Lipinski definition) is 1. The van der Waals surface area contributed by atoms with Gasteiger partial charge < -0.3 is 10.1 Å². The summed E-state index contributed by atoms with van der Waals surface area (Å²) < 4.78 is 20.6. The Bertz CT molecular complexity index is 1010. The molecule has 1 heterocycles. The van der Waals surface area contributed by atoms with Gasteiger partial charge in [0.1, 0.15) is 18.2 Å². The first kappa shape index (κ1) is 19.4. The van der Waals surface area contributed by atoms with Crippen LogP contribution in [0.3, 0.4) is 0 Å². The summed E-state index contributed by atoms with van der Waals surface area (Å²) in [5.74, 6) is -0.0240. The van der Waals surface area contributed by atoms with Crippen LogP contribution in [0.15, 0.2) is 53.7 Å². The van der Waals surface area contributed by atoms with Crippen molar-refractivity contribution in [2.24, 2.45) is 0 Å². The number of hydrogen-bond acceptors (Lipinski definition) is 6. The maximum absolute atomic E-state index is 13.2. The summed E-state index contributed by atoms with van der Waals surface area (Å²) in [5.41, 5.74) is 1.54. The lowest BCUT2D eigenvalue weighted by molar-refractivity contribution is -0.115. The SMILES string of the molecule is CC(Sc1nnnn1C1CC1)C(=O)Nc1cccc(COc2cccc(F)c2)c1. The largest absolute Gasteiger partial charge is 0.489 e. The molecule has 1 N–H and O–H groups in total. The lowest BCUT2D eigenvalue weighted by Gasteiger charge is -2.13. The number of halogens is 1. The fraction of sp³-hybridized carbons (Fsp3) is 0.300. The molecule has 2 aromatic carbocycles. The molecule has 0 radical (unpaired) electrons. The zero-order valence-corrected chi connectivity index (χ0v) is 16.6. The molecule has 1 amide bonds. The van der Waals surface area contributed by atoms with Gasteiger partial charge in [0, 0.05) is 11.8 Å². The molecule has 0 spiro atoms. The molecule has 1 aromatic heterocycles. The Labute approximate surface area is 171 Å². The second kappa shape index (κ2) is 8.60. The van der Waals surface area contributed by atoms with Crippen LogP contribution in [0, 0.1) is 5.82 Å². The molecule has 29 heavy (non-hydrogen) atoms. The summed E-state index contributed by atoms with van der Waals surface area (Å²) in [6.45, 7) is 2.09. The molecule has 1 saturated carbocycles. The van der Waals surface area contributed by atoms with Gasteiger partial charge in [0.15, 0.2) is 0 Å². The van der Waals surface area contributed by atoms with Gasteiger partial charge in [0.05, 0.1) is 11.3 Å². The number of nitrogens with one attached hydrogen (secondary N) is 1. The molecule has 9 heteroatoms. The van der Waals surface area contributed by atoms with Crippen molar-refractivity contribution < 1.29 is 13.9 Å². The fourth-order valence-electron chi connectivity index (χ4n) is 2.73. The zero-order valence-electron chi connectivity index (χ0n) is 15.8. The number of nitrogens with zero attached hydrogens (tertiary/aromatic N) is 4. The predicted octanol–water partition coefficient (Wildman–Crippen LogP) is 3.85. The van der Waals surface area contributed by atoms with Gasteiger partial charge in [-0.25, -0.2) is 9.07 Å². The number of ether oxygens (including phenoxy) is 1. The number of rotatable bonds is 8. The zero-order chi connectivity index (χ0) is 20.2. The van der Waals surface area contributed by atoms with Gasteiger partial charge >= 0.3 is 0 Å². The second-order valence-corrected chi connectivity index (χ2v) is 8.14. The first-order valence-corrected chi connectivity index (χ1v) is 10.2. The number of aromatic nitrogens is 4. The third-order valence-corrected chi connectivity index (χ3v) is 5.45. The van der Waals surface area contributed by atoms with E-state index in [1.807, 2.05) is 31.2 Å². The first-order chi connectivity index (χ1) is 14.1. The smallest absolute Gasteiger partial charge is 0.237 e. The molecule has 150 valence electrons. The molecule has 1 fully saturated rings. The number of anilines is 1. The molecule has 1 unspecified atom stereocenters. The summed E-state index contributed by atoms with van der Waals surface area (Å²) in [6.07, 6.45) is 2.15. The molecule has 3 aromatic rings.